The molecule has 1 heterocycles. The number of methoxy groups -OCH3 is 2. The molecule has 0 amide bonds. The van der Waals surface area contributed by atoms with Crippen LogP contribution in [0.2, 0.25) is 0 Å². The molecule has 1 unspecified atom stereocenters. The van der Waals surface area contributed by atoms with Crippen LogP contribution in [-0.2, 0) is 7.05 Å². The molecule has 5 nitrogen and oxygen atoms in total. The summed E-state index contributed by atoms with van der Waals surface area (Å²) >= 11 is 0. The number of nitrogens with one attached hydrogen (secondary N) is 1. The van der Waals surface area contributed by atoms with Crippen molar-refractivity contribution in [1.82, 2.24) is 9.78 Å². The van der Waals surface area contributed by atoms with Crippen molar-refractivity contribution >= 4 is 5.69 Å². The number of nitrogens with zero attached hydrogens (tertiary/aromatic N) is 2. The summed E-state index contributed by atoms with van der Waals surface area (Å²) < 4.78 is 12.4. The summed E-state index contributed by atoms with van der Waals surface area (Å²) in [5.74, 6) is 1.58. The SMILES string of the molecule is COc1ccc(OC)c(NC(C)c2ccnn2C)c1. The quantitative estimate of drug-likeness (QED) is 0.898. The Labute approximate surface area is 113 Å². The van der Waals surface area contributed by atoms with Crippen LogP contribution < -0.4 is 14.8 Å². The molecule has 0 aliphatic rings. The molecule has 0 aliphatic carbocycles. The van der Waals surface area contributed by atoms with E-state index in [9.17, 15) is 0 Å². The lowest BCUT2D eigenvalue weighted by Crippen LogP contribution is -2.12. The molecule has 0 radical (unpaired) electrons. The largest absolute Gasteiger partial charge is 0.497 e. The lowest BCUT2D eigenvalue weighted by Gasteiger charge is -2.18. The van der Waals surface area contributed by atoms with Crippen LogP contribution in [0, 0.1) is 0 Å². The van der Waals surface area contributed by atoms with E-state index in [0.29, 0.717) is 0 Å². The predicted octanol–water partition coefficient (Wildman–Crippen LogP) is 2.61. The summed E-state index contributed by atoms with van der Waals surface area (Å²) in [4.78, 5) is 0. The second-order valence-corrected chi connectivity index (χ2v) is 4.31. The Morgan fingerprint density at radius 2 is 2.00 bits per heavy atom. The fourth-order valence-electron chi connectivity index (χ4n) is 2.04. The van der Waals surface area contributed by atoms with Gasteiger partial charge in [-0.3, -0.25) is 4.68 Å². The first-order valence-corrected chi connectivity index (χ1v) is 6.12. The van der Waals surface area contributed by atoms with E-state index in [1.807, 2.05) is 36.0 Å². The molecule has 1 N–H and O–H groups in total. The van der Waals surface area contributed by atoms with Crippen LogP contribution in [0.1, 0.15) is 18.7 Å². The number of rotatable bonds is 5. The van der Waals surface area contributed by atoms with Crippen molar-refractivity contribution in [2.45, 2.75) is 13.0 Å². The third-order valence-corrected chi connectivity index (χ3v) is 3.08. The van der Waals surface area contributed by atoms with E-state index in [2.05, 4.69) is 17.3 Å². The van der Waals surface area contributed by atoms with Gasteiger partial charge in [-0.25, -0.2) is 0 Å². The summed E-state index contributed by atoms with van der Waals surface area (Å²) in [7, 11) is 5.23. The van der Waals surface area contributed by atoms with E-state index in [1.165, 1.54) is 0 Å². The molecule has 19 heavy (non-hydrogen) atoms. The van der Waals surface area contributed by atoms with Crippen LogP contribution in [-0.4, -0.2) is 24.0 Å². The van der Waals surface area contributed by atoms with Crippen molar-refractivity contribution < 1.29 is 9.47 Å². The normalized spacial score (nSPS) is 12.0. The van der Waals surface area contributed by atoms with Gasteiger partial charge >= 0.3 is 0 Å². The summed E-state index contributed by atoms with van der Waals surface area (Å²) in [6.45, 7) is 2.08. The van der Waals surface area contributed by atoms with Crippen LogP contribution in [0.15, 0.2) is 30.5 Å². The van der Waals surface area contributed by atoms with Crippen molar-refractivity contribution in [2.75, 3.05) is 19.5 Å². The van der Waals surface area contributed by atoms with Gasteiger partial charge in [0.05, 0.1) is 31.6 Å². The van der Waals surface area contributed by atoms with Gasteiger partial charge < -0.3 is 14.8 Å². The van der Waals surface area contributed by atoms with Crippen molar-refractivity contribution in [3.63, 3.8) is 0 Å². The average Bonchev–Trinajstić information content (AvgIpc) is 2.85. The standard InChI is InChI=1S/C14H19N3O2/c1-10(13-7-8-15-17(13)2)16-12-9-11(18-3)5-6-14(12)19-4/h5-10,16H,1-4H3. The van der Waals surface area contributed by atoms with E-state index in [-0.39, 0.29) is 6.04 Å². The molecule has 0 bridgehead atoms. The van der Waals surface area contributed by atoms with E-state index in [0.717, 1.165) is 22.9 Å². The topological polar surface area (TPSA) is 48.3 Å². The molecule has 2 rings (SSSR count). The Morgan fingerprint density at radius 1 is 1.21 bits per heavy atom. The molecule has 1 aromatic heterocycles. The average molecular weight is 261 g/mol. The highest BCUT2D eigenvalue weighted by molar-refractivity contribution is 5.60. The van der Waals surface area contributed by atoms with Crippen LogP contribution in [0.4, 0.5) is 5.69 Å². The Morgan fingerprint density at radius 3 is 2.58 bits per heavy atom. The van der Waals surface area contributed by atoms with E-state index >= 15 is 0 Å². The molecule has 102 valence electrons. The second kappa shape index (κ2) is 5.65. The monoisotopic (exact) mass is 261 g/mol. The van der Waals surface area contributed by atoms with E-state index < -0.39 is 0 Å². The lowest BCUT2D eigenvalue weighted by molar-refractivity contribution is 0.404. The van der Waals surface area contributed by atoms with E-state index in [1.54, 1.807) is 20.4 Å². The summed E-state index contributed by atoms with van der Waals surface area (Å²) in [5.41, 5.74) is 2.00. The molecule has 0 spiro atoms. The van der Waals surface area contributed by atoms with Gasteiger partial charge in [-0.15, -0.1) is 0 Å². The van der Waals surface area contributed by atoms with Crippen LogP contribution in [0.25, 0.3) is 0 Å². The maximum absolute atomic E-state index is 5.35. The molecule has 1 atom stereocenters. The smallest absolute Gasteiger partial charge is 0.142 e. The zero-order valence-corrected chi connectivity index (χ0v) is 11.7. The van der Waals surface area contributed by atoms with E-state index in [4.69, 9.17) is 9.47 Å². The predicted molar refractivity (Wildman–Crippen MR) is 74.8 cm³/mol. The van der Waals surface area contributed by atoms with Gasteiger partial charge in [0.25, 0.3) is 0 Å². The minimum absolute atomic E-state index is 0.119. The fraction of sp³-hybridized carbons (Fsp3) is 0.357. The maximum Gasteiger partial charge on any atom is 0.142 e. The molecule has 2 aromatic rings. The van der Waals surface area contributed by atoms with Crippen molar-refractivity contribution in [2.24, 2.45) is 7.05 Å². The highest BCUT2D eigenvalue weighted by Gasteiger charge is 2.12. The molecule has 0 saturated carbocycles. The first-order valence-electron chi connectivity index (χ1n) is 6.12. The van der Waals surface area contributed by atoms with Gasteiger partial charge in [0.15, 0.2) is 0 Å². The summed E-state index contributed by atoms with van der Waals surface area (Å²) in [6, 6.07) is 7.79. The number of anilines is 1. The molecule has 5 heteroatoms. The highest BCUT2D eigenvalue weighted by Crippen LogP contribution is 2.31. The zero-order chi connectivity index (χ0) is 13.8. The Hall–Kier alpha value is -2.17. The van der Waals surface area contributed by atoms with Gasteiger partial charge in [-0.05, 0) is 25.1 Å². The van der Waals surface area contributed by atoms with Gasteiger partial charge in [-0.1, -0.05) is 0 Å². The Kier molecular flexibility index (Phi) is 3.94. The summed E-state index contributed by atoms with van der Waals surface area (Å²) in [5, 5.41) is 7.59. The number of benzene rings is 1. The molecular formula is C14H19N3O2. The van der Waals surface area contributed by atoms with Crippen LogP contribution >= 0.6 is 0 Å². The zero-order valence-electron chi connectivity index (χ0n) is 11.7. The van der Waals surface area contributed by atoms with Crippen molar-refractivity contribution in [3.05, 3.63) is 36.2 Å². The number of hydrogen-bond donors (Lipinski definition) is 1. The van der Waals surface area contributed by atoms with Crippen LogP contribution in [0.3, 0.4) is 0 Å². The molecule has 1 aromatic carbocycles. The minimum Gasteiger partial charge on any atom is -0.497 e. The lowest BCUT2D eigenvalue weighted by atomic mass is 10.2. The number of aryl methyl sites for hydroxylation is 1. The first kappa shape index (κ1) is 13.3. The molecule has 0 saturated heterocycles. The minimum atomic E-state index is 0.119. The molecular weight excluding hydrogens is 242 g/mol. The maximum atomic E-state index is 5.35. The first-order chi connectivity index (χ1) is 9.15. The third-order valence-electron chi connectivity index (χ3n) is 3.08. The highest BCUT2D eigenvalue weighted by atomic mass is 16.5. The number of aromatic nitrogens is 2. The number of hydrogen-bond acceptors (Lipinski definition) is 4. The van der Waals surface area contributed by atoms with Crippen molar-refractivity contribution in [3.8, 4) is 11.5 Å². The van der Waals surface area contributed by atoms with Gasteiger partial charge in [-0.2, -0.15) is 5.10 Å². The third kappa shape index (κ3) is 2.81. The Balaban J connectivity index is 2.24. The van der Waals surface area contributed by atoms with Gasteiger partial charge in [0, 0.05) is 19.3 Å². The summed E-state index contributed by atoms with van der Waals surface area (Å²) in [6.07, 6.45) is 1.79. The second-order valence-electron chi connectivity index (χ2n) is 4.31. The van der Waals surface area contributed by atoms with Gasteiger partial charge in [0.1, 0.15) is 11.5 Å². The number of ether oxygens (including phenoxy) is 2. The van der Waals surface area contributed by atoms with Crippen LogP contribution in [0.5, 0.6) is 11.5 Å². The van der Waals surface area contributed by atoms with Gasteiger partial charge in [0.2, 0.25) is 0 Å². The van der Waals surface area contributed by atoms with Crippen molar-refractivity contribution in [1.29, 1.82) is 0 Å². The fourth-order valence-corrected chi connectivity index (χ4v) is 2.04. The molecule has 0 fully saturated rings. The Bertz CT molecular complexity index is 551. The molecule has 0 aliphatic heterocycles.